The Bertz CT molecular complexity index is 455. The monoisotopic (exact) mass is 278 g/mol. The highest BCUT2D eigenvalue weighted by molar-refractivity contribution is 5.75. The summed E-state index contributed by atoms with van der Waals surface area (Å²) in [4.78, 5) is 22.1. The highest BCUT2D eigenvalue weighted by Gasteiger charge is 2.10. The van der Waals surface area contributed by atoms with E-state index in [1.54, 1.807) is 6.92 Å². The van der Waals surface area contributed by atoms with Gasteiger partial charge in [-0.3, -0.25) is 4.79 Å². The Morgan fingerprint density at radius 1 is 1.15 bits per heavy atom. The summed E-state index contributed by atoms with van der Waals surface area (Å²) < 4.78 is 0. The van der Waals surface area contributed by atoms with Crippen LogP contribution in [0.2, 0.25) is 0 Å². The topological polar surface area (TPSA) is 78.4 Å². The first-order valence-corrected chi connectivity index (χ1v) is 6.73. The number of carbonyl (C=O) groups excluding carboxylic acids is 1. The summed E-state index contributed by atoms with van der Waals surface area (Å²) in [5.74, 6) is -0.445. The Hall–Kier alpha value is -2.04. The maximum absolute atomic E-state index is 11.6. The molecule has 0 aliphatic carbocycles. The highest BCUT2D eigenvalue weighted by Crippen LogP contribution is 2.14. The van der Waals surface area contributed by atoms with Crippen molar-refractivity contribution in [3.63, 3.8) is 0 Å². The molecule has 5 nitrogen and oxygen atoms in total. The Labute approximate surface area is 119 Å². The van der Waals surface area contributed by atoms with Crippen LogP contribution in [0.15, 0.2) is 24.3 Å². The number of carbonyl (C=O) groups is 2. The van der Waals surface area contributed by atoms with Crippen molar-refractivity contribution in [1.82, 2.24) is 10.6 Å². The second-order valence-corrected chi connectivity index (χ2v) is 5.22. The molecule has 3 N–H and O–H groups in total. The fourth-order valence-electron chi connectivity index (χ4n) is 1.79. The Morgan fingerprint density at radius 2 is 1.75 bits per heavy atom. The van der Waals surface area contributed by atoms with Crippen LogP contribution in [0.4, 0.5) is 4.79 Å². The first-order chi connectivity index (χ1) is 9.38. The van der Waals surface area contributed by atoms with Crippen LogP contribution < -0.4 is 10.6 Å². The lowest BCUT2D eigenvalue weighted by Crippen LogP contribution is -2.41. The smallest absolute Gasteiger partial charge is 0.315 e. The third kappa shape index (κ3) is 5.73. The zero-order chi connectivity index (χ0) is 15.1. The second kappa shape index (κ2) is 7.53. The number of rotatable bonds is 6. The number of aliphatic carboxylic acids is 1. The summed E-state index contributed by atoms with van der Waals surface area (Å²) >= 11 is 0. The quantitative estimate of drug-likeness (QED) is 0.748. The third-order valence-electron chi connectivity index (χ3n) is 2.96. The molecule has 2 amide bonds. The average molecular weight is 278 g/mol. The summed E-state index contributed by atoms with van der Waals surface area (Å²) in [5.41, 5.74) is 2.27. The summed E-state index contributed by atoms with van der Waals surface area (Å²) in [6.07, 6.45) is -0.0868. The van der Waals surface area contributed by atoms with Crippen molar-refractivity contribution in [3.05, 3.63) is 35.4 Å². The van der Waals surface area contributed by atoms with Gasteiger partial charge in [-0.1, -0.05) is 38.1 Å². The molecule has 0 heterocycles. The van der Waals surface area contributed by atoms with Crippen molar-refractivity contribution in [2.45, 2.75) is 45.7 Å². The molecule has 1 atom stereocenters. The fourth-order valence-corrected chi connectivity index (χ4v) is 1.79. The number of hydrogen-bond donors (Lipinski definition) is 3. The molecular formula is C15H22N2O3. The van der Waals surface area contributed by atoms with E-state index in [-0.39, 0.29) is 12.5 Å². The number of urea groups is 1. The van der Waals surface area contributed by atoms with E-state index in [1.807, 2.05) is 24.3 Å². The number of hydrogen-bond acceptors (Lipinski definition) is 2. The van der Waals surface area contributed by atoms with Gasteiger partial charge in [-0.25, -0.2) is 4.79 Å². The Balaban J connectivity index is 2.39. The predicted molar refractivity (Wildman–Crippen MR) is 77.6 cm³/mol. The molecule has 0 bridgehead atoms. The minimum Gasteiger partial charge on any atom is -0.481 e. The van der Waals surface area contributed by atoms with Gasteiger partial charge in [-0.2, -0.15) is 0 Å². The molecule has 20 heavy (non-hydrogen) atoms. The van der Waals surface area contributed by atoms with E-state index in [4.69, 9.17) is 5.11 Å². The van der Waals surface area contributed by atoms with Crippen LogP contribution in [0.3, 0.4) is 0 Å². The van der Waals surface area contributed by atoms with Crippen molar-refractivity contribution in [1.29, 1.82) is 0 Å². The molecule has 1 rings (SSSR count). The standard InChI is InChI=1S/C15H22N2O3/c1-10(2)13-6-4-12(5-7-13)9-16-15(20)17-11(3)8-14(18)19/h4-7,10-11H,8-9H2,1-3H3,(H,18,19)(H2,16,17,20). The van der Waals surface area contributed by atoms with Crippen molar-refractivity contribution >= 4 is 12.0 Å². The van der Waals surface area contributed by atoms with E-state index in [1.165, 1.54) is 5.56 Å². The van der Waals surface area contributed by atoms with Crippen LogP contribution in [0.1, 0.15) is 44.2 Å². The molecule has 1 aromatic carbocycles. The lowest BCUT2D eigenvalue weighted by atomic mass is 10.0. The van der Waals surface area contributed by atoms with Gasteiger partial charge in [0.1, 0.15) is 0 Å². The maximum atomic E-state index is 11.6. The molecule has 0 fully saturated rings. The first kappa shape index (κ1) is 16.0. The van der Waals surface area contributed by atoms with Gasteiger partial charge in [-0.15, -0.1) is 0 Å². The van der Waals surface area contributed by atoms with Gasteiger partial charge in [0.25, 0.3) is 0 Å². The Kier molecular flexibility index (Phi) is 6.03. The van der Waals surface area contributed by atoms with Crippen LogP contribution in [0.25, 0.3) is 0 Å². The minimum absolute atomic E-state index is 0.0868. The molecule has 0 aliphatic rings. The molecule has 0 saturated heterocycles. The summed E-state index contributed by atoms with van der Waals surface area (Å²) in [6, 6.07) is 7.31. The van der Waals surface area contributed by atoms with Crippen LogP contribution >= 0.6 is 0 Å². The molecule has 0 aliphatic heterocycles. The van der Waals surface area contributed by atoms with E-state index in [9.17, 15) is 9.59 Å². The summed E-state index contributed by atoms with van der Waals surface area (Å²) in [7, 11) is 0. The van der Waals surface area contributed by atoms with Gasteiger partial charge in [0, 0.05) is 12.6 Å². The van der Waals surface area contributed by atoms with E-state index >= 15 is 0 Å². The second-order valence-electron chi connectivity index (χ2n) is 5.22. The lowest BCUT2D eigenvalue weighted by molar-refractivity contribution is -0.137. The molecule has 1 aromatic rings. The molecule has 1 unspecified atom stereocenters. The van der Waals surface area contributed by atoms with Crippen molar-refractivity contribution in [2.75, 3.05) is 0 Å². The number of benzene rings is 1. The first-order valence-electron chi connectivity index (χ1n) is 6.73. The van der Waals surface area contributed by atoms with Crippen molar-refractivity contribution in [2.24, 2.45) is 0 Å². The Morgan fingerprint density at radius 3 is 2.25 bits per heavy atom. The molecule has 0 saturated carbocycles. The zero-order valence-electron chi connectivity index (χ0n) is 12.1. The van der Waals surface area contributed by atoms with Gasteiger partial charge >= 0.3 is 12.0 Å². The summed E-state index contributed by atoms with van der Waals surface area (Å²) in [6.45, 7) is 6.34. The molecule has 0 aromatic heterocycles. The van der Waals surface area contributed by atoms with Crippen molar-refractivity contribution < 1.29 is 14.7 Å². The average Bonchev–Trinajstić information content (AvgIpc) is 2.35. The molecule has 5 heteroatoms. The van der Waals surface area contributed by atoms with E-state index in [2.05, 4.69) is 24.5 Å². The number of carboxylic acid groups (broad SMARTS) is 1. The van der Waals surface area contributed by atoms with Gasteiger partial charge in [0.15, 0.2) is 0 Å². The highest BCUT2D eigenvalue weighted by atomic mass is 16.4. The summed E-state index contributed by atoms with van der Waals surface area (Å²) in [5, 5.41) is 13.9. The number of amides is 2. The largest absolute Gasteiger partial charge is 0.481 e. The van der Waals surface area contributed by atoms with Crippen LogP contribution in [-0.4, -0.2) is 23.1 Å². The molecule has 110 valence electrons. The van der Waals surface area contributed by atoms with Gasteiger partial charge in [-0.05, 0) is 24.0 Å². The predicted octanol–water partition coefficient (Wildman–Crippen LogP) is 2.47. The molecule has 0 radical (unpaired) electrons. The lowest BCUT2D eigenvalue weighted by Gasteiger charge is -2.13. The zero-order valence-corrected chi connectivity index (χ0v) is 12.1. The van der Waals surface area contributed by atoms with E-state index in [0.717, 1.165) is 5.56 Å². The third-order valence-corrected chi connectivity index (χ3v) is 2.96. The number of carboxylic acids is 1. The van der Waals surface area contributed by atoms with E-state index in [0.29, 0.717) is 12.5 Å². The van der Waals surface area contributed by atoms with Gasteiger partial charge in [0.05, 0.1) is 6.42 Å². The SMILES string of the molecule is CC(CC(=O)O)NC(=O)NCc1ccc(C(C)C)cc1. The van der Waals surface area contributed by atoms with Gasteiger partial charge < -0.3 is 15.7 Å². The minimum atomic E-state index is -0.929. The fraction of sp³-hybridized carbons (Fsp3) is 0.467. The van der Waals surface area contributed by atoms with Crippen LogP contribution in [0.5, 0.6) is 0 Å². The normalized spacial score (nSPS) is 12.0. The van der Waals surface area contributed by atoms with Crippen molar-refractivity contribution in [3.8, 4) is 0 Å². The van der Waals surface area contributed by atoms with E-state index < -0.39 is 12.0 Å². The van der Waals surface area contributed by atoms with Crippen LogP contribution in [0, 0.1) is 0 Å². The van der Waals surface area contributed by atoms with Gasteiger partial charge in [0.2, 0.25) is 0 Å². The molecular weight excluding hydrogens is 256 g/mol. The maximum Gasteiger partial charge on any atom is 0.315 e. The number of nitrogens with one attached hydrogen (secondary N) is 2. The van der Waals surface area contributed by atoms with Crippen LogP contribution in [-0.2, 0) is 11.3 Å². The molecule has 0 spiro atoms.